The van der Waals surface area contributed by atoms with Gasteiger partial charge in [-0.25, -0.2) is 4.79 Å². The summed E-state index contributed by atoms with van der Waals surface area (Å²) in [5, 5.41) is 12.4. The van der Waals surface area contributed by atoms with Crippen molar-refractivity contribution in [3.8, 4) is 0 Å². The van der Waals surface area contributed by atoms with Crippen molar-refractivity contribution in [3.63, 3.8) is 0 Å². The second-order valence-electron chi connectivity index (χ2n) is 23.5. The molecule has 6 rings (SSSR count). The van der Waals surface area contributed by atoms with Crippen LogP contribution < -0.4 is 0 Å². The summed E-state index contributed by atoms with van der Waals surface area (Å²) in [6.07, 6.45) is 13.2. The number of morpholine rings is 1. The Labute approximate surface area is 459 Å². The first-order chi connectivity index (χ1) is 36.6. The molecule has 1 N–H and O–H groups in total. The van der Waals surface area contributed by atoms with E-state index in [2.05, 4.69) is 17.9 Å². The van der Waals surface area contributed by atoms with Crippen LogP contribution in [-0.2, 0) is 66.2 Å². The first-order valence-corrected chi connectivity index (χ1v) is 31.1. The molecular weight excluding hydrogens is 1010 g/mol. The molecule has 0 aromatic rings. The fraction of sp³-hybridized carbons (Fsp3) is 0.780. The van der Waals surface area contributed by atoms with Crippen LogP contribution in [0.5, 0.6) is 0 Å². The average Bonchev–Trinajstić information content (AvgIpc) is 3.41. The molecule has 0 spiro atoms. The number of aliphatic hydroxyl groups is 1. The number of allylic oxidation sites excluding steroid dienone is 6. The Morgan fingerprint density at radius 2 is 1.55 bits per heavy atom. The smallest absolute Gasteiger partial charge is 0.329 e. The Bertz CT molecular complexity index is 2190. The van der Waals surface area contributed by atoms with Crippen LogP contribution in [0.2, 0.25) is 0 Å². The number of rotatable bonds is 12. The summed E-state index contributed by atoms with van der Waals surface area (Å²) in [6.45, 7) is 19.0. The van der Waals surface area contributed by atoms with E-state index < -0.39 is 91.0 Å². The second-order valence-corrected chi connectivity index (χ2v) is 26.2. The summed E-state index contributed by atoms with van der Waals surface area (Å²) in [5.41, 5.74) is 1.56. The van der Waals surface area contributed by atoms with Crippen molar-refractivity contribution >= 4 is 36.6 Å². The minimum absolute atomic E-state index is 0.0344. The third-order valence-electron chi connectivity index (χ3n) is 17.3. The van der Waals surface area contributed by atoms with Crippen molar-refractivity contribution in [1.82, 2.24) is 9.80 Å². The van der Waals surface area contributed by atoms with Crippen LogP contribution in [-0.4, -0.2) is 179 Å². The van der Waals surface area contributed by atoms with Gasteiger partial charge in [-0.15, -0.1) is 0 Å². The number of fused-ring (bicyclic) bond motifs is 4. The molecule has 16 atom stereocenters. The zero-order valence-corrected chi connectivity index (χ0v) is 49.0. The van der Waals surface area contributed by atoms with Gasteiger partial charge in [0.05, 0.1) is 37.6 Å². The molecule has 434 valence electrons. The van der Waals surface area contributed by atoms with Crippen LogP contribution in [0.4, 0.5) is 0 Å². The fourth-order valence-corrected chi connectivity index (χ4v) is 13.8. The molecule has 1 aliphatic carbocycles. The summed E-state index contributed by atoms with van der Waals surface area (Å²) in [6, 6.07) is -1.14. The summed E-state index contributed by atoms with van der Waals surface area (Å²) >= 11 is 0. The number of hydrogen-bond donors (Lipinski definition) is 1. The predicted octanol–water partition coefficient (Wildman–Crippen LogP) is 7.71. The van der Waals surface area contributed by atoms with Gasteiger partial charge >= 0.3 is 5.97 Å². The van der Waals surface area contributed by atoms with Gasteiger partial charge in [0.25, 0.3) is 11.7 Å². The summed E-state index contributed by atoms with van der Waals surface area (Å²) in [4.78, 5) is 76.3. The van der Waals surface area contributed by atoms with Crippen molar-refractivity contribution in [3.05, 3.63) is 47.6 Å². The van der Waals surface area contributed by atoms with Crippen LogP contribution in [0.1, 0.15) is 119 Å². The summed E-state index contributed by atoms with van der Waals surface area (Å²) in [7, 11) is 1.78. The molecule has 0 radical (unpaired) electrons. The molecule has 77 heavy (non-hydrogen) atoms. The van der Waals surface area contributed by atoms with Gasteiger partial charge in [0, 0.05) is 104 Å². The van der Waals surface area contributed by atoms with Gasteiger partial charge in [-0.1, -0.05) is 64.2 Å². The molecule has 4 bridgehead atoms. The predicted molar refractivity (Wildman–Crippen MR) is 292 cm³/mol. The van der Waals surface area contributed by atoms with E-state index in [1.807, 2.05) is 45.1 Å². The SMILES string of the molecule is CO[C@@H]1/C(C)=C/[C@@H](C)C(=O)C[C@@H]2OC(=O)C3[C@H](CCCN3C(=O)C(=O)[C@]3(O)O[C@@H](CC[C@H]3C)CC(OCCCN3CCOCC3)/C(C)=C/C=C/C=C/[C@@H](C)C[C@@H](C)C(=O)[C@@H]1OC)C2C[C@@H]1CC[C@@H](OP(C)(C)=O)[C@H](OC)C1. The largest absolute Gasteiger partial charge is 0.460 e. The number of carbonyl (C=O) groups excluding carboxylic acids is 5. The Morgan fingerprint density at radius 3 is 2.23 bits per heavy atom. The lowest BCUT2D eigenvalue weighted by Crippen LogP contribution is -2.65. The molecule has 4 saturated heterocycles. The third-order valence-corrected chi connectivity index (χ3v) is 18.0. The molecule has 17 nitrogen and oxygen atoms in total. The minimum Gasteiger partial charge on any atom is -0.460 e. The summed E-state index contributed by atoms with van der Waals surface area (Å²) < 4.78 is 61.4. The molecule has 1 amide bonds. The van der Waals surface area contributed by atoms with Gasteiger partial charge in [0.15, 0.2) is 13.2 Å². The van der Waals surface area contributed by atoms with Crippen molar-refractivity contribution in [2.75, 3.05) is 80.7 Å². The molecule has 0 aromatic heterocycles. The molecule has 3 unspecified atom stereocenters. The van der Waals surface area contributed by atoms with Gasteiger partial charge < -0.3 is 47.7 Å². The Kier molecular flexibility index (Phi) is 23.7. The van der Waals surface area contributed by atoms with E-state index in [0.717, 1.165) is 31.6 Å². The van der Waals surface area contributed by atoms with E-state index >= 15 is 0 Å². The zero-order chi connectivity index (χ0) is 56.2. The first kappa shape index (κ1) is 63.0. The van der Waals surface area contributed by atoms with Crippen LogP contribution >= 0.6 is 7.37 Å². The molecule has 1 saturated carbocycles. The van der Waals surface area contributed by atoms with Crippen molar-refractivity contribution in [1.29, 1.82) is 0 Å². The molecule has 6 aliphatic rings. The van der Waals surface area contributed by atoms with Crippen molar-refractivity contribution < 1.29 is 71.3 Å². The van der Waals surface area contributed by atoms with Crippen LogP contribution in [0.15, 0.2) is 47.6 Å². The number of hydrogen-bond acceptors (Lipinski definition) is 16. The zero-order valence-electron chi connectivity index (χ0n) is 48.1. The molecule has 5 aliphatic heterocycles. The number of amides is 1. The molecule has 18 heteroatoms. The van der Waals surface area contributed by atoms with Gasteiger partial charge in [0.1, 0.15) is 30.1 Å². The number of methoxy groups -OCH3 is 3. The monoisotopic (exact) mass is 1100 g/mol. The molecular formula is C59H93N2O15P. The number of ether oxygens (including phenoxy) is 7. The third kappa shape index (κ3) is 16.7. The number of carbonyl (C=O) groups is 5. The Hall–Kier alpha value is -3.22. The highest BCUT2D eigenvalue weighted by atomic mass is 31.2. The normalized spacial score (nSPS) is 39.6. The quantitative estimate of drug-likeness (QED) is 0.0654. The fourth-order valence-electron chi connectivity index (χ4n) is 12.9. The van der Waals surface area contributed by atoms with Gasteiger partial charge in [-0.3, -0.25) is 28.6 Å². The van der Waals surface area contributed by atoms with Gasteiger partial charge in [-0.05, 0) is 107 Å². The number of nitrogens with zero attached hydrogens (tertiary/aromatic N) is 2. The minimum atomic E-state index is -2.83. The maximum absolute atomic E-state index is 14.8. The Balaban J connectivity index is 1.34. The van der Waals surface area contributed by atoms with E-state index in [0.29, 0.717) is 89.6 Å². The lowest BCUT2D eigenvalue weighted by Gasteiger charge is -2.50. The molecule has 5 fully saturated rings. The maximum Gasteiger partial charge on any atom is 0.329 e. The van der Waals surface area contributed by atoms with E-state index in [4.69, 9.17) is 37.7 Å². The van der Waals surface area contributed by atoms with Crippen molar-refractivity contribution in [2.24, 2.45) is 41.4 Å². The van der Waals surface area contributed by atoms with E-state index in [-0.39, 0.29) is 54.5 Å². The molecule has 0 aromatic carbocycles. The number of ketones is 3. The van der Waals surface area contributed by atoms with E-state index in [1.165, 1.54) is 19.1 Å². The highest BCUT2D eigenvalue weighted by Gasteiger charge is 2.57. The topological polar surface area (TPSA) is 203 Å². The highest BCUT2D eigenvalue weighted by Crippen LogP contribution is 2.48. The average molecular weight is 1100 g/mol. The maximum atomic E-state index is 14.8. The summed E-state index contributed by atoms with van der Waals surface area (Å²) in [5.74, 6) is -8.17. The van der Waals surface area contributed by atoms with Gasteiger partial charge in [0.2, 0.25) is 5.79 Å². The lowest BCUT2D eigenvalue weighted by molar-refractivity contribution is -0.266. The standard InChI is InChI=1S/C59H93N2O15P/c1-37-17-13-12-14-18-38(2)49(73-28-16-24-60-26-29-72-30-27-60)35-44-22-20-42(6)59(67,75-44)56(64)57(65)61-25-15-19-45-46(33-43-21-23-48(51(34-43)69-7)76-77(10,11)68)50(74-58(66)52(45)61)36-47(62)39(3)32-41(5)54(70-8)55(71-9)53(63)40(4)31-37/h12-14,17-18,32,37,39-40,42-46,48-52,54-55,67H,15-16,19-31,33-36H2,1-11H3/b14-12+,17-13+,38-18+,41-32+/t37-,39-,40-,42-,43+,44+,45-,46?,48-,49?,50+,51-,52?,54-,55+,59-/m1/s1. The highest BCUT2D eigenvalue weighted by molar-refractivity contribution is 7.57. The first-order valence-electron chi connectivity index (χ1n) is 28.5. The molecule has 5 heterocycles. The number of esters is 1. The van der Waals surface area contributed by atoms with Crippen LogP contribution in [0, 0.1) is 41.4 Å². The van der Waals surface area contributed by atoms with Crippen LogP contribution in [0.25, 0.3) is 0 Å². The van der Waals surface area contributed by atoms with E-state index in [1.54, 1.807) is 40.4 Å². The Morgan fingerprint density at radius 1 is 0.818 bits per heavy atom. The number of Topliss-reactive ketones (excluding diaryl/α,β-unsaturated/α-hetero) is 3. The van der Waals surface area contributed by atoms with Crippen molar-refractivity contribution in [2.45, 2.75) is 173 Å². The number of piperidine rings is 1. The second kappa shape index (κ2) is 29.0. The van der Waals surface area contributed by atoms with E-state index in [9.17, 15) is 33.6 Å². The van der Waals surface area contributed by atoms with Gasteiger partial charge in [-0.2, -0.15) is 0 Å². The lowest BCUT2D eigenvalue weighted by atomic mass is 9.68. The van der Waals surface area contributed by atoms with Crippen LogP contribution in [0.3, 0.4) is 0 Å².